The first-order valence-corrected chi connectivity index (χ1v) is 6.12. The van der Waals surface area contributed by atoms with Gasteiger partial charge in [-0.15, -0.1) is 0 Å². The molecule has 0 unspecified atom stereocenters. The van der Waals surface area contributed by atoms with Gasteiger partial charge in [0.05, 0.1) is 6.61 Å². The van der Waals surface area contributed by atoms with Gasteiger partial charge in [0.25, 0.3) is 0 Å². The third kappa shape index (κ3) is 5.87. The Morgan fingerprint density at radius 1 is 1.18 bits per heavy atom. The Balaban J connectivity index is 2.23. The predicted molar refractivity (Wildman–Crippen MR) is 70.0 cm³/mol. The van der Waals surface area contributed by atoms with E-state index < -0.39 is 7.12 Å². The van der Waals surface area contributed by atoms with Crippen LogP contribution in [-0.4, -0.2) is 23.8 Å². The van der Waals surface area contributed by atoms with Gasteiger partial charge in [-0.25, -0.2) is 0 Å². The standard InChI is InChI=1S/C13H21BO3/c1-11(2)4-3-9-17-10-12-5-7-13(8-6-12)14(15)16/h5-8,11,15-16H,3-4,9-10H2,1-2H3. The van der Waals surface area contributed by atoms with Crippen molar-refractivity contribution >= 4 is 12.6 Å². The fourth-order valence-corrected chi connectivity index (χ4v) is 1.57. The van der Waals surface area contributed by atoms with E-state index in [-0.39, 0.29) is 0 Å². The normalized spacial score (nSPS) is 10.9. The molecule has 0 radical (unpaired) electrons. The average molecular weight is 236 g/mol. The molecule has 0 saturated carbocycles. The molecule has 1 rings (SSSR count). The van der Waals surface area contributed by atoms with Crippen molar-refractivity contribution < 1.29 is 14.8 Å². The number of ether oxygens (including phenoxy) is 1. The molecule has 0 saturated heterocycles. The van der Waals surface area contributed by atoms with Crippen LogP contribution in [0.3, 0.4) is 0 Å². The van der Waals surface area contributed by atoms with Crippen molar-refractivity contribution in [1.29, 1.82) is 0 Å². The molecule has 0 bridgehead atoms. The Hall–Kier alpha value is -0.835. The van der Waals surface area contributed by atoms with Gasteiger partial charge in [-0.05, 0) is 29.8 Å². The molecule has 0 aliphatic carbocycles. The lowest BCUT2D eigenvalue weighted by Gasteiger charge is -2.07. The minimum absolute atomic E-state index is 0.508. The summed E-state index contributed by atoms with van der Waals surface area (Å²) >= 11 is 0. The molecule has 1 aromatic rings. The molecule has 3 nitrogen and oxygen atoms in total. The van der Waals surface area contributed by atoms with Gasteiger partial charge in [-0.3, -0.25) is 0 Å². The Labute approximate surface area is 104 Å². The van der Waals surface area contributed by atoms with Crippen LogP contribution >= 0.6 is 0 Å². The first-order chi connectivity index (χ1) is 8.09. The quantitative estimate of drug-likeness (QED) is 0.554. The van der Waals surface area contributed by atoms with Crippen molar-refractivity contribution in [2.45, 2.75) is 33.3 Å². The Bertz CT molecular complexity index is 309. The summed E-state index contributed by atoms with van der Waals surface area (Å²) in [6.45, 7) is 5.78. The Morgan fingerprint density at radius 3 is 2.35 bits per heavy atom. The van der Waals surface area contributed by atoms with Gasteiger partial charge in [-0.1, -0.05) is 38.1 Å². The molecule has 0 aliphatic heterocycles. The van der Waals surface area contributed by atoms with Crippen molar-refractivity contribution in [2.24, 2.45) is 5.92 Å². The highest BCUT2D eigenvalue weighted by Gasteiger charge is 2.09. The topological polar surface area (TPSA) is 49.7 Å². The van der Waals surface area contributed by atoms with Crippen LogP contribution in [0.15, 0.2) is 24.3 Å². The Morgan fingerprint density at radius 2 is 1.82 bits per heavy atom. The fourth-order valence-electron chi connectivity index (χ4n) is 1.57. The van der Waals surface area contributed by atoms with Crippen LogP contribution in [0.25, 0.3) is 0 Å². The minimum atomic E-state index is -1.39. The summed E-state index contributed by atoms with van der Waals surface area (Å²) in [5.74, 6) is 0.726. The highest BCUT2D eigenvalue weighted by atomic mass is 16.5. The van der Waals surface area contributed by atoms with E-state index in [2.05, 4.69) is 13.8 Å². The van der Waals surface area contributed by atoms with Crippen LogP contribution in [0.5, 0.6) is 0 Å². The molecule has 4 heteroatoms. The summed E-state index contributed by atoms with van der Waals surface area (Å²) in [4.78, 5) is 0. The largest absolute Gasteiger partial charge is 0.488 e. The molecule has 94 valence electrons. The summed E-state index contributed by atoms with van der Waals surface area (Å²) in [5, 5.41) is 17.9. The van der Waals surface area contributed by atoms with E-state index in [0.29, 0.717) is 12.1 Å². The number of rotatable bonds is 7. The molecular formula is C13H21BO3. The molecule has 0 fully saturated rings. The zero-order chi connectivity index (χ0) is 12.7. The van der Waals surface area contributed by atoms with Gasteiger partial charge in [0.15, 0.2) is 0 Å². The van der Waals surface area contributed by atoms with E-state index >= 15 is 0 Å². The van der Waals surface area contributed by atoms with Gasteiger partial charge >= 0.3 is 7.12 Å². The van der Waals surface area contributed by atoms with Gasteiger partial charge in [-0.2, -0.15) is 0 Å². The van der Waals surface area contributed by atoms with Crippen LogP contribution in [0, 0.1) is 5.92 Å². The average Bonchev–Trinajstić information content (AvgIpc) is 2.29. The second-order valence-electron chi connectivity index (χ2n) is 4.70. The highest BCUT2D eigenvalue weighted by Crippen LogP contribution is 2.05. The summed E-state index contributed by atoms with van der Waals surface area (Å²) < 4.78 is 5.55. The van der Waals surface area contributed by atoms with Crippen LogP contribution in [-0.2, 0) is 11.3 Å². The maximum atomic E-state index is 8.94. The van der Waals surface area contributed by atoms with Crippen LogP contribution in [0.4, 0.5) is 0 Å². The maximum Gasteiger partial charge on any atom is 0.488 e. The smallest absolute Gasteiger partial charge is 0.423 e. The van der Waals surface area contributed by atoms with E-state index in [1.807, 2.05) is 12.1 Å². The second-order valence-corrected chi connectivity index (χ2v) is 4.70. The van der Waals surface area contributed by atoms with E-state index in [1.54, 1.807) is 12.1 Å². The lowest BCUT2D eigenvalue weighted by Crippen LogP contribution is -2.29. The molecule has 0 aromatic heterocycles. The molecule has 0 heterocycles. The van der Waals surface area contributed by atoms with Gasteiger partial charge in [0, 0.05) is 6.61 Å². The molecule has 1 aromatic carbocycles. The van der Waals surface area contributed by atoms with Crippen molar-refractivity contribution in [3.05, 3.63) is 29.8 Å². The zero-order valence-electron chi connectivity index (χ0n) is 10.6. The molecule has 0 atom stereocenters. The fraction of sp³-hybridized carbons (Fsp3) is 0.538. The zero-order valence-corrected chi connectivity index (χ0v) is 10.6. The second kappa shape index (κ2) is 7.48. The summed E-state index contributed by atoms with van der Waals surface area (Å²) in [5.41, 5.74) is 1.56. The lowest BCUT2D eigenvalue weighted by atomic mass is 9.80. The first kappa shape index (κ1) is 14.2. The number of hydrogen-bond acceptors (Lipinski definition) is 3. The SMILES string of the molecule is CC(C)CCCOCc1ccc(B(O)O)cc1. The van der Waals surface area contributed by atoms with Crippen molar-refractivity contribution in [1.82, 2.24) is 0 Å². The first-order valence-electron chi connectivity index (χ1n) is 6.12. The number of benzene rings is 1. The van der Waals surface area contributed by atoms with Gasteiger partial charge in [0.1, 0.15) is 0 Å². The van der Waals surface area contributed by atoms with E-state index in [0.717, 1.165) is 24.5 Å². The molecule has 17 heavy (non-hydrogen) atoms. The predicted octanol–water partition coefficient (Wildman–Crippen LogP) is 1.32. The molecular weight excluding hydrogens is 215 g/mol. The van der Waals surface area contributed by atoms with E-state index in [1.165, 1.54) is 6.42 Å². The van der Waals surface area contributed by atoms with E-state index in [9.17, 15) is 0 Å². The number of hydrogen-bond donors (Lipinski definition) is 2. The van der Waals surface area contributed by atoms with Crippen molar-refractivity contribution in [3.63, 3.8) is 0 Å². The molecule has 2 N–H and O–H groups in total. The summed E-state index contributed by atoms with van der Waals surface area (Å²) in [7, 11) is -1.39. The third-order valence-corrected chi connectivity index (χ3v) is 2.62. The maximum absolute atomic E-state index is 8.94. The van der Waals surface area contributed by atoms with Gasteiger partial charge in [0.2, 0.25) is 0 Å². The third-order valence-electron chi connectivity index (χ3n) is 2.62. The van der Waals surface area contributed by atoms with Crippen LogP contribution in [0.1, 0.15) is 32.3 Å². The summed E-state index contributed by atoms with van der Waals surface area (Å²) in [6, 6.07) is 7.13. The van der Waals surface area contributed by atoms with Gasteiger partial charge < -0.3 is 14.8 Å². The van der Waals surface area contributed by atoms with E-state index in [4.69, 9.17) is 14.8 Å². The molecule has 0 spiro atoms. The monoisotopic (exact) mass is 236 g/mol. The van der Waals surface area contributed by atoms with Crippen molar-refractivity contribution in [3.8, 4) is 0 Å². The minimum Gasteiger partial charge on any atom is -0.423 e. The lowest BCUT2D eigenvalue weighted by molar-refractivity contribution is 0.115. The molecule has 0 aliphatic rings. The van der Waals surface area contributed by atoms with Crippen LogP contribution in [0.2, 0.25) is 0 Å². The molecule has 0 amide bonds. The Kier molecular flexibility index (Phi) is 6.26. The van der Waals surface area contributed by atoms with Crippen LogP contribution < -0.4 is 5.46 Å². The highest BCUT2D eigenvalue weighted by molar-refractivity contribution is 6.58. The van der Waals surface area contributed by atoms with Crippen molar-refractivity contribution in [2.75, 3.05) is 6.61 Å². The summed E-state index contributed by atoms with van der Waals surface area (Å²) in [6.07, 6.45) is 2.28.